The minimum atomic E-state index is 0.0114. The topological polar surface area (TPSA) is 56.6 Å². The van der Waals surface area contributed by atoms with E-state index in [4.69, 9.17) is 10.00 Å². The molecule has 2 rings (SSSR count). The molecule has 124 valence electrons. The molecule has 1 aliphatic heterocycles. The smallest absolute Gasteiger partial charge is 0.257 e. The van der Waals surface area contributed by atoms with Crippen LogP contribution in [0.15, 0.2) is 22.7 Å². The van der Waals surface area contributed by atoms with Crippen molar-refractivity contribution in [2.24, 2.45) is 0 Å². The predicted molar refractivity (Wildman–Crippen MR) is 92.5 cm³/mol. The summed E-state index contributed by atoms with van der Waals surface area (Å²) in [5.74, 6) is 0.657. The van der Waals surface area contributed by atoms with Gasteiger partial charge in [0.05, 0.1) is 18.2 Å². The molecule has 1 saturated heterocycles. The third-order valence-corrected chi connectivity index (χ3v) is 4.33. The number of nitrogens with zero attached hydrogens (tertiary/aromatic N) is 3. The number of hydrogen-bond acceptors (Lipinski definition) is 4. The van der Waals surface area contributed by atoms with E-state index in [0.29, 0.717) is 37.4 Å². The zero-order chi connectivity index (χ0) is 16.7. The van der Waals surface area contributed by atoms with E-state index in [9.17, 15) is 4.79 Å². The highest BCUT2D eigenvalue weighted by molar-refractivity contribution is 9.10. The first-order chi connectivity index (χ1) is 11.2. The Balaban J connectivity index is 2.03. The number of carbonyl (C=O) groups excluding carboxylic acids is 1. The van der Waals surface area contributed by atoms with Crippen LogP contribution in [0.5, 0.6) is 5.75 Å². The molecule has 0 saturated carbocycles. The first-order valence-corrected chi connectivity index (χ1v) is 8.76. The standard InChI is InChI=1S/C17H22BrN3O2/c1-2-12-23-16-5-4-14(18)13-15(16)17(22)21-10-8-20(9-11-21)7-3-6-19/h4-5,13H,2-3,7-12H2,1H3. The van der Waals surface area contributed by atoms with Gasteiger partial charge in [0.15, 0.2) is 0 Å². The molecule has 1 aromatic rings. The van der Waals surface area contributed by atoms with Gasteiger partial charge in [0.2, 0.25) is 0 Å². The third kappa shape index (κ3) is 4.95. The second kappa shape index (κ2) is 8.90. The number of ether oxygens (including phenoxy) is 1. The van der Waals surface area contributed by atoms with Crippen LogP contribution in [0.1, 0.15) is 30.1 Å². The molecule has 1 heterocycles. The van der Waals surface area contributed by atoms with Gasteiger partial charge in [-0.3, -0.25) is 9.69 Å². The molecule has 0 N–H and O–H groups in total. The lowest BCUT2D eigenvalue weighted by atomic mass is 10.1. The van der Waals surface area contributed by atoms with Gasteiger partial charge in [-0.15, -0.1) is 0 Å². The van der Waals surface area contributed by atoms with Crippen molar-refractivity contribution in [3.8, 4) is 11.8 Å². The molecule has 0 bridgehead atoms. The minimum absolute atomic E-state index is 0.0114. The van der Waals surface area contributed by atoms with E-state index in [2.05, 4.69) is 26.9 Å². The Morgan fingerprint density at radius 1 is 1.35 bits per heavy atom. The van der Waals surface area contributed by atoms with Crippen LogP contribution < -0.4 is 4.74 Å². The number of rotatable bonds is 6. The molecule has 5 nitrogen and oxygen atoms in total. The first kappa shape index (κ1) is 17.8. The fourth-order valence-corrected chi connectivity index (χ4v) is 2.92. The zero-order valence-corrected chi connectivity index (χ0v) is 15.0. The maximum absolute atomic E-state index is 12.8. The highest BCUT2D eigenvalue weighted by Crippen LogP contribution is 2.25. The van der Waals surface area contributed by atoms with Gasteiger partial charge < -0.3 is 9.64 Å². The quantitative estimate of drug-likeness (QED) is 0.762. The van der Waals surface area contributed by atoms with Gasteiger partial charge in [0.25, 0.3) is 5.91 Å². The second-order valence-electron chi connectivity index (χ2n) is 5.53. The molecular formula is C17H22BrN3O2. The fraction of sp³-hybridized carbons (Fsp3) is 0.529. The van der Waals surface area contributed by atoms with Gasteiger partial charge in [-0.2, -0.15) is 5.26 Å². The second-order valence-corrected chi connectivity index (χ2v) is 6.45. The van der Waals surface area contributed by atoms with Crippen molar-refractivity contribution in [1.29, 1.82) is 5.26 Å². The van der Waals surface area contributed by atoms with E-state index in [1.165, 1.54) is 0 Å². The van der Waals surface area contributed by atoms with E-state index in [0.717, 1.165) is 30.5 Å². The number of piperazine rings is 1. The normalized spacial score (nSPS) is 15.3. The summed E-state index contributed by atoms with van der Waals surface area (Å²) in [6.45, 7) is 6.41. The van der Waals surface area contributed by atoms with Gasteiger partial charge in [-0.1, -0.05) is 22.9 Å². The van der Waals surface area contributed by atoms with Crippen LogP contribution in [-0.4, -0.2) is 55.0 Å². The van der Waals surface area contributed by atoms with Gasteiger partial charge >= 0.3 is 0 Å². The summed E-state index contributed by atoms with van der Waals surface area (Å²) < 4.78 is 6.59. The van der Waals surface area contributed by atoms with Gasteiger partial charge in [0, 0.05) is 43.6 Å². The summed E-state index contributed by atoms with van der Waals surface area (Å²) in [6.07, 6.45) is 1.44. The first-order valence-electron chi connectivity index (χ1n) is 7.96. The van der Waals surface area contributed by atoms with Crippen molar-refractivity contribution < 1.29 is 9.53 Å². The molecule has 0 aromatic heterocycles. The van der Waals surface area contributed by atoms with E-state index in [1.54, 1.807) is 0 Å². The molecule has 0 unspecified atom stereocenters. The summed E-state index contributed by atoms with van der Waals surface area (Å²) in [4.78, 5) is 16.9. The Kier molecular flexibility index (Phi) is 6.87. The van der Waals surface area contributed by atoms with Crippen LogP contribution in [0.3, 0.4) is 0 Å². The molecule has 1 fully saturated rings. The molecule has 1 aliphatic rings. The highest BCUT2D eigenvalue weighted by Gasteiger charge is 2.24. The molecule has 0 radical (unpaired) electrons. The molecule has 23 heavy (non-hydrogen) atoms. The van der Waals surface area contributed by atoms with Crippen molar-refractivity contribution in [1.82, 2.24) is 9.80 Å². The fourth-order valence-electron chi connectivity index (χ4n) is 2.56. The van der Waals surface area contributed by atoms with Crippen LogP contribution in [0, 0.1) is 11.3 Å². The molecule has 0 aliphatic carbocycles. The monoisotopic (exact) mass is 379 g/mol. The Labute approximate surface area is 145 Å². The molecule has 6 heteroatoms. The number of benzene rings is 1. The summed E-state index contributed by atoms with van der Waals surface area (Å²) in [6, 6.07) is 7.73. The zero-order valence-electron chi connectivity index (χ0n) is 13.4. The minimum Gasteiger partial charge on any atom is -0.493 e. The van der Waals surface area contributed by atoms with Crippen LogP contribution in [0.2, 0.25) is 0 Å². The van der Waals surface area contributed by atoms with Gasteiger partial charge in [0.1, 0.15) is 5.75 Å². The summed E-state index contributed by atoms with van der Waals surface area (Å²) in [7, 11) is 0. The largest absolute Gasteiger partial charge is 0.493 e. The highest BCUT2D eigenvalue weighted by atomic mass is 79.9. The molecule has 0 atom stereocenters. The summed E-state index contributed by atoms with van der Waals surface area (Å²) in [5, 5.41) is 8.65. The average Bonchev–Trinajstić information content (AvgIpc) is 2.58. The number of carbonyl (C=O) groups is 1. The van der Waals surface area contributed by atoms with E-state index < -0.39 is 0 Å². The lowest BCUT2D eigenvalue weighted by molar-refractivity contribution is 0.0635. The lowest BCUT2D eigenvalue weighted by Gasteiger charge is -2.34. The van der Waals surface area contributed by atoms with Gasteiger partial charge in [-0.25, -0.2) is 0 Å². The summed E-state index contributed by atoms with van der Waals surface area (Å²) in [5.41, 5.74) is 0.610. The van der Waals surface area contributed by atoms with Crippen LogP contribution in [-0.2, 0) is 0 Å². The van der Waals surface area contributed by atoms with Crippen molar-refractivity contribution >= 4 is 21.8 Å². The number of nitriles is 1. The van der Waals surface area contributed by atoms with E-state index >= 15 is 0 Å². The number of hydrogen-bond donors (Lipinski definition) is 0. The Morgan fingerprint density at radius 3 is 2.74 bits per heavy atom. The Bertz CT molecular complexity index is 578. The molecular weight excluding hydrogens is 358 g/mol. The molecule has 1 amide bonds. The van der Waals surface area contributed by atoms with E-state index in [1.807, 2.05) is 30.0 Å². The third-order valence-electron chi connectivity index (χ3n) is 3.83. The molecule has 0 spiro atoms. The van der Waals surface area contributed by atoms with E-state index in [-0.39, 0.29) is 5.91 Å². The Morgan fingerprint density at radius 2 is 2.09 bits per heavy atom. The number of amides is 1. The van der Waals surface area contributed by atoms with Crippen molar-refractivity contribution in [3.63, 3.8) is 0 Å². The van der Waals surface area contributed by atoms with Crippen LogP contribution in [0.25, 0.3) is 0 Å². The van der Waals surface area contributed by atoms with Crippen LogP contribution >= 0.6 is 15.9 Å². The van der Waals surface area contributed by atoms with Gasteiger partial charge in [-0.05, 0) is 24.6 Å². The van der Waals surface area contributed by atoms with Crippen LogP contribution in [0.4, 0.5) is 0 Å². The predicted octanol–water partition coefficient (Wildman–Crippen LogP) is 2.91. The Hall–Kier alpha value is -1.58. The maximum Gasteiger partial charge on any atom is 0.257 e. The number of halogens is 1. The van der Waals surface area contributed by atoms with Crippen molar-refractivity contribution in [2.45, 2.75) is 19.8 Å². The van der Waals surface area contributed by atoms with Crippen molar-refractivity contribution in [2.75, 3.05) is 39.3 Å². The average molecular weight is 380 g/mol. The van der Waals surface area contributed by atoms with Crippen molar-refractivity contribution in [3.05, 3.63) is 28.2 Å². The molecule has 1 aromatic carbocycles. The summed E-state index contributed by atoms with van der Waals surface area (Å²) >= 11 is 3.43. The maximum atomic E-state index is 12.8. The SMILES string of the molecule is CCCOc1ccc(Br)cc1C(=O)N1CCN(CCC#N)CC1. The lowest BCUT2D eigenvalue weighted by Crippen LogP contribution is -2.48.